The van der Waals surface area contributed by atoms with E-state index in [1.807, 2.05) is 0 Å². The summed E-state index contributed by atoms with van der Waals surface area (Å²) in [5.41, 5.74) is 0. The van der Waals surface area contributed by atoms with E-state index in [9.17, 15) is 4.79 Å². The van der Waals surface area contributed by atoms with Gasteiger partial charge in [0.05, 0.1) is 12.2 Å². The first-order valence-electron chi connectivity index (χ1n) is 8.53. The summed E-state index contributed by atoms with van der Waals surface area (Å²) in [6.45, 7) is 0. The Bertz CT molecular complexity index is 238. The van der Waals surface area contributed by atoms with Crippen molar-refractivity contribution in [1.82, 2.24) is 0 Å². The largest absolute Gasteiger partial charge is 0.370 e. The lowest BCUT2D eigenvalue weighted by atomic mass is 10.0. The maximum absolute atomic E-state index is 11.7. The van der Waals surface area contributed by atoms with Gasteiger partial charge in [0, 0.05) is 12.8 Å². The van der Waals surface area contributed by atoms with Crippen molar-refractivity contribution in [3.8, 4) is 0 Å². The summed E-state index contributed by atoms with van der Waals surface area (Å²) in [7, 11) is 0. The van der Waals surface area contributed by atoms with Crippen molar-refractivity contribution in [2.75, 3.05) is 0 Å². The molecule has 0 amide bonds. The number of hydrogen-bond donors (Lipinski definition) is 0. The van der Waals surface area contributed by atoms with Gasteiger partial charge in [-0.1, -0.05) is 51.4 Å². The summed E-state index contributed by atoms with van der Waals surface area (Å²) in [5.74, 6) is 0.499. The Morgan fingerprint density at radius 1 is 0.632 bits per heavy atom. The third kappa shape index (κ3) is 6.56. The second kappa shape index (κ2) is 8.73. The third-order valence-corrected chi connectivity index (χ3v) is 4.58. The van der Waals surface area contributed by atoms with E-state index >= 15 is 0 Å². The van der Waals surface area contributed by atoms with E-state index in [0.29, 0.717) is 18.0 Å². The molecule has 2 heteroatoms. The molecule has 19 heavy (non-hydrogen) atoms. The van der Waals surface area contributed by atoms with Gasteiger partial charge in [-0.2, -0.15) is 0 Å². The Kier molecular flexibility index (Phi) is 6.91. The molecule has 0 N–H and O–H groups in total. The maximum Gasteiger partial charge on any atom is 0.132 e. The number of hydrogen-bond acceptors (Lipinski definition) is 2. The van der Waals surface area contributed by atoms with E-state index in [2.05, 4.69) is 0 Å². The van der Waals surface area contributed by atoms with Crippen molar-refractivity contribution >= 4 is 5.78 Å². The van der Waals surface area contributed by atoms with Gasteiger partial charge in [-0.15, -0.1) is 0 Å². The van der Waals surface area contributed by atoms with Crippen molar-refractivity contribution in [1.29, 1.82) is 0 Å². The van der Waals surface area contributed by atoms with Gasteiger partial charge in [-0.3, -0.25) is 4.79 Å². The van der Waals surface area contributed by atoms with Gasteiger partial charge in [0.15, 0.2) is 0 Å². The van der Waals surface area contributed by atoms with Crippen molar-refractivity contribution in [3.05, 3.63) is 0 Å². The fourth-order valence-corrected chi connectivity index (χ4v) is 3.21. The van der Waals surface area contributed by atoms with E-state index in [-0.39, 0.29) is 0 Å². The molecule has 0 bridgehead atoms. The molecule has 1 saturated carbocycles. The van der Waals surface area contributed by atoms with Gasteiger partial charge < -0.3 is 4.74 Å². The van der Waals surface area contributed by atoms with E-state index in [0.717, 1.165) is 25.7 Å². The van der Waals surface area contributed by atoms with Crippen LogP contribution in [0.5, 0.6) is 0 Å². The second-order valence-electron chi connectivity index (χ2n) is 6.36. The Balaban J connectivity index is 1.62. The van der Waals surface area contributed by atoms with Crippen LogP contribution in [0.2, 0.25) is 0 Å². The molecule has 2 nitrogen and oxygen atoms in total. The zero-order valence-electron chi connectivity index (χ0n) is 12.4. The summed E-state index contributed by atoms with van der Waals surface area (Å²) in [6, 6.07) is 0. The van der Waals surface area contributed by atoms with Gasteiger partial charge in [-0.05, 0) is 25.7 Å². The Morgan fingerprint density at radius 3 is 1.58 bits per heavy atom. The van der Waals surface area contributed by atoms with Gasteiger partial charge in [0.1, 0.15) is 5.78 Å². The molecule has 0 radical (unpaired) electrons. The monoisotopic (exact) mass is 266 g/mol. The number of ketones is 1. The summed E-state index contributed by atoms with van der Waals surface area (Å²) in [4.78, 5) is 11.7. The molecule has 2 unspecified atom stereocenters. The number of epoxide rings is 1. The number of Topliss-reactive ketones (excluding diaryl/α,β-unsaturated/α-hetero) is 1. The molecule has 0 aromatic carbocycles. The molecule has 1 saturated heterocycles. The van der Waals surface area contributed by atoms with Crippen LogP contribution in [0.4, 0.5) is 0 Å². The molecule has 110 valence electrons. The number of ether oxygens (including phenoxy) is 1. The van der Waals surface area contributed by atoms with Crippen LogP contribution < -0.4 is 0 Å². The molecule has 2 atom stereocenters. The van der Waals surface area contributed by atoms with E-state index in [1.165, 1.54) is 64.2 Å². The topological polar surface area (TPSA) is 29.6 Å². The van der Waals surface area contributed by atoms with Gasteiger partial charge in [-0.25, -0.2) is 0 Å². The minimum absolute atomic E-state index is 0.499. The van der Waals surface area contributed by atoms with Crippen LogP contribution in [0, 0.1) is 0 Å². The standard InChI is InChI=1S/C17H30O2/c18-15-11-7-3-1-5-9-13-16-17(19-16)14-10-6-2-4-8-12-15/h16-17H,1-14H2. The fraction of sp³-hybridized carbons (Fsp3) is 0.941. The van der Waals surface area contributed by atoms with E-state index < -0.39 is 0 Å². The molecule has 2 fully saturated rings. The predicted molar refractivity (Wildman–Crippen MR) is 78.3 cm³/mol. The molecule has 0 spiro atoms. The smallest absolute Gasteiger partial charge is 0.132 e. The lowest BCUT2D eigenvalue weighted by Gasteiger charge is -2.02. The highest BCUT2D eigenvalue weighted by Crippen LogP contribution is 2.31. The molecular formula is C17H30O2. The number of fused-ring (bicyclic) bond motifs is 1. The molecule has 2 rings (SSSR count). The van der Waals surface area contributed by atoms with Crippen molar-refractivity contribution in [2.45, 2.75) is 102 Å². The summed E-state index contributed by atoms with van der Waals surface area (Å²) in [6.07, 6.45) is 17.9. The van der Waals surface area contributed by atoms with Crippen LogP contribution in [-0.2, 0) is 9.53 Å². The first kappa shape index (κ1) is 15.0. The Hall–Kier alpha value is -0.370. The van der Waals surface area contributed by atoms with Crippen LogP contribution >= 0.6 is 0 Å². The maximum atomic E-state index is 11.7. The van der Waals surface area contributed by atoms with Crippen molar-refractivity contribution < 1.29 is 9.53 Å². The number of carbonyl (C=O) groups excluding carboxylic acids is 1. The number of rotatable bonds is 0. The highest BCUT2D eigenvalue weighted by atomic mass is 16.6. The Labute approximate surface area is 118 Å². The highest BCUT2D eigenvalue weighted by Gasteiger charge is 2.36. The summed E-state index contributed by atoms with van der Waals surface area (Å²) >= 11 is 0. The quantitative estimate of drug-likeness (QED) is 0.589. The lowest BCUT2D eigenvalue weighted by Crippen LogP contribution is -1.97. The molecule has 0 aromatic rings. The van der Waals surface area contributed by atoms with Crippen LogP contribution in [-0.4, -0.2) is 18.0 Å². The highest BCUT2D eigenvalue weighted by molar-refractivity contribution is 5.78. The normalized spacial score (nSPS) is 32.3. The molecule has 2 aliphatic rings. The SMILES string of the molecule is O=C1CCCCCCCC2OC2CCCCCCC1. The average Bonchev–Trinajstić information content (AvgIpc) is 3.14. The average molecular weight is 266 g/mol. The zero-order chi connectivity index (χ0) is 13.3. The van der Waals surface area contributed by atoms with Crippen molar-refractivity contribution in [2.24, 2.45) is 0 Å². The molecule has 1 aliphatic carbocycles. The molecule has 0 aromatic heterocycles. The van der Waals surface area contributed by atoms with Crippen molar-refractivity contribution in [3.63, 3.8) is 0 Å². The molecule has 1 heterocycles. The van der Waals surface area contributed by atoms with E-state index in [1.54, 1.807) is 0 Å². The lowest BCUT2D eigenvalue weighted by molar-refractivity contribution is -0.119. The predicted octanol–water partition coefficient (Wildman–Crippen LogP) is 4.80. The van der Waals surface area contributed by atoms with Gasteiger partial charge in [0.25, 0.3) is 0 Å². The van der Waals surface area contributed by atoms with Crippen LogP contribution in [0.15, 0.2) is 0 Å². The fourth-order valence-electron chi connectivity index (χ4n) is 3.21. The first-order valence-corrected chi connectivity index (χ1v) is 8.53. The minimum atomic E-state index is 0.499. The summed E-state index contributed by atoms with van der Waals surface area (Å²) in [5, 5.41) is 0. The zero-order valence-corrected chi connectivity index (χ0v) is 12.4. The molecular weight excluding hydrogens is 236 g/mol. The third-order valence-electron chi connectivity index (χ3n) is 4.58. The van der Waals surface area contributed by atoms with E-state index in [4.69, 9.17) is 4.74 Å². The first-order chi connectivity index (χ1) is 9.36. The minimum Gasteiger partial charge on any atom is -0.370 e. The van der Waals surface area contributed by atoms with Crippen LogP contribution in [0.1, 0.15) is 89.9 Å². The molecule has 1 aliphatic heterocycles. The number of carbonyl (C=O) groups is 1. The Morgan fingerprint density at radius 2 is 1.05 bits per heavy atom. The van der Waals surface area contributed by atoms with Gasteiger partial charge >= 0.3 is 0 Å². The second-order valence-corrected chi connectivity index (χ2v) is 6.36. The summed E-state index contributed by atoms with van der Waals surface area (Å²) < 4.78 is 5.73. The van der Waals surface area contributed by atoms with Crippen LogP contribution in [0.25, 0.3) is 0 Å². The van der Waals surface area contributed by atoms with Crippen LogP contribution in [0.3, 0.4) is 0 Å². The van der Waals surface area contributed by atoms with Gasteiger partial charge in [0.2, 0.25) is 0 Å².